The molecule has 8 nitrogen and oxygen atoms in total. The van der Waals surface area contributed by atoms with Gasteiger partial charge in [0.1, 0.15) is 11.6 Å². The fraction of sp³-hybridized carbons (Fsp3) is 0.400. The molecule has 2 amide bonds. The van der Waals surface area contributed by atoms with Gasteiger partial charge >= 0.3 is 0 Å². The summed E-state index contributed by atoms with van der Waals surface area (Å²) in [6.45, 7) is 9.49. The Morgan fingerprint density at radius 2 is 1.94 bits per heavy atom. The molecule has 1 aliphatic heterocycles. The zero-order valence-corrected chi connectivity index (χ0v) is 19.6. The molecule has 4 rings (SSSR count). The molecule has 1 aliphatic rings. The molecule has 0 bridgehead atoms. The Balaban J connectivity index is 1.48. The van der Waals surface area contributed by atoms with Gasteiger partial charge in [-0.2, -0.15) is 0 Å². The lowest BCUT2D eigenvalue weighted by molar-refractivity contribution is -0.132. The van der Waals surface area contributed by atoms with Gasteiger partial charge in [0.05, 0.1) is 29.7 Å². The second-order valence-corrected chi connectivity index (χ2v) is 8.79. The third-order valence-corrected chi connectivity index (χ3v) is 5.80. The van der Waals surface area contributed by atoms with Crippen LogP contribution in [0.5, 0.6) is 5.75 Å². The normalized spacial score (nSPS) is 16.9. The van der Waals surface area contributed by atoms with E-state index in [9.17, 15) is 9.59 Å². The van der Waals surface area contributed by atoms with Crippen LogP contribution in [0.25, 0.3) is 11.0 Å². The van der Waals surface area contributed by atoms with Crippen LogP contribution in [-0.2, 0) is 9.59 Å². The predicted molar refractivity (Wildman–Crippen MR) is 128 cm³/mol. The van der Waals surface area contributed by atoms with Gasteiger partial charge < -0.3 is 19.9 Å². The van der Waals surface area contributed by atoms with Crippen LogP contribution < -0.4 is 10.1 Å². The lowest BCUT2D eigenvalue weighted by Crippen LogP contribution is -2.51. The summed E-state index contributed by atoms with van der Waals surface area (Å²) >= 11 is 0. The van der Waals surface area contributed by atoms with Crippen molar-refractivity contribution in [1.82, 2.24) is 19.8 Å². The Kier molecular flexibility index (Phi) is 6.65. The third kappa shape index (κ3) is 5.51. The Morgan fingerprint density at radius 1 is 1.18 bits per heavy atom. The van der Waals surface area contributed by atoms with Crippen LogP contribution in [0.4, 0.5) is 5.69 Å². The van der Waals surface area contributed by atoms with E-state index in [1.807, 2.05) is 68.1 Å². The zero-order chi connectivity index (χ0) is 23.5. The molecule has 0 spiro atoms. The van der Waals surface area contributed by atoms with Gasteiger partial charge in [-0.15, -0.1) is 0 Å². The topological polar surface area (TPSA) is 90.6 Å². The molecule has 0 saturated carbocycles. The molecule has 1 saturated heterocycles. The van der Waals surface area contributed by atoms with Gasteiger partial charge in [0.25, 0.3) is 0 Å². The van der Waals surface area contributed by atoms with Crippen LogP contribution in [0.2, 0.25) is 0 Å². The number of fused-ring (bicyclic) bond motifs is 1. The van der Waals surface area contributed by atoms with E-state index in [1.165, 1.54) is 0 Å². The van der Waals surface area contributed by atoms with Crippen LogP contribution >= 0.6 is 0 Å². The van der Waals surface area contributed by atoms with E-state index < -0.39 is 0 Å². The third-order valence-electron chi connectivity index (χ3n) is 5.80. The number of carbonyl (C=O) groups excluding carboxylic acids is 2. The van der Waals surface area contributed by atoms with Crippen LogP contribution in [0, 0.1) is 6.92 Å². The lowest BCUT2D eigenvalue weighted by Gasteiger charge is -2.41. The number of aromatic amines is 1. The van der Waals surface area contributed by atoms with Crippen molar-refractivity contribution in [2.24, 2.45) is 0 Å². The predicted octanol–water partition coefficient (Wildman–Crippen LogP) is 3.50. The number of hydrogen-bond donors (Lipinski definition) is 2. The standard InChI is InChI=1S/C25H31N5O3/c1-16(2)33-21-8-5-19(6-9-21)24-14-29(18(4)31)11-12-30(24)15-25(32)28-20-7-10-22-23(13-20)27-17(3)26-22/h5-10,13,16,24H,11-12,14-15H2,1-4H3,(H,26,27)(H,28,32)/t24-/m1/s1. The van der Waals surface area contributed by atoms with Crippen molar-refractivity contribution in [1.29, 1.82) is 0 Å². The number of amides is 2. The van der Waals surface area contributed by atoms with Gasteiger partial charge in [0.15, 0.2) is 0 Å². The smallest absolute Gasteiger partial charge is 0.238 e. The Bertz CT molecular complexity index is 1140. The number of anilines is 1. The summed E-state index contributed by atoms with van der Waals surface area (Å²) in [4.78, 5) is 36.5. The molecular weight excluding hydrogens is 418 g/mol. The molecule has 1 atom stereocenters. The van der Waals surface area contributed by atoms with E-state index in [4.69, 9.17) is 4.74 Å². The van der Waals surface area contributed by atoms with Gasteiger partial charge in [0.2, 0.25) is 11.8 Å². The number of aryl methyl sites for hydroxylation is 1. The number of ether oxygens (including phenoxy) is 1. The van der Waals surface area contributed by atoms with Gasteiger partial charge in [-0.3, -0.25) is 14.5 Å². The van der Waals surface area contributed by atoms with Crippen LogP contribution in [0.1, 0.15) is 38.2 Å². The van der Waals surface area contributed by atoms with Crippen LogP contribution in [-0.4, -0.2) is 63.9 Å². The average molecular weight is 450 g/mol. The molecule has 1 aromatic heterocycles. The van der Waals surface area contributed by atoms with Crippen molar-refractivity contribution in [3.05, 3.63) is 53.9 Å². The summed E-state index contributed by atoms with van der Waals surface area (Å²) < 4.78 is 5.76. The Labute approximate surface area is 193 Å². The second kappa shape index (κ2) is 9.62. The van der Waals surface area contributed by atoms with Gasteiger partial charge in [0, 0.05) is 32.2 Å². The molecule has 1 fully saturated rings. The van der Waals surface area contributed by atoms with Gasteiger partial charge in [-0.25, -0.2) is 4.98 Å². The minimum atomic E-state index is -0.0911. The average Bonchev–Trinajstić information content (AvgIpc) is 3.13. The minimum absolute atomic E-state index is 0.0482. The fourth-order valence-electron chi connectivity index (χ4n) is 4.25. The first-order valence-electron chi connectivity index (χ1n) is 11.3. The van der Waals surface area contributed by atoms with E-state index in [0.29, 0.717) is 19.6 Å². The van der Waals surface area contributed by atoms with Crippen LogP contribution in [0.15, 0.2) is 42.5 Å². The lowest BCUT2D eigenvalue weighted by atomic mass is 10.0. The molecule has 0 aliphatic carbocycles. The molecule has 2 heterocycles. The van der Waals surface area contributed by atoms with Crippen LogP contribution in [0.3, 0.4) is 0 Å². The van der Waals surface area contributed by atoms with Crippen molar-refractivity contribution < 1.29 is 14.3 Å². The number of aromatic nitrogens is 2. The summed E-state index contributed by atoms with van der Waals surface area (Å²) in [6.07, 6.45) is 0.101. The number of imidazole rings is 1. The quantitative estimate of drug-likeness (QED) is 0.601. The maximum absolute atomic E-state index is 12.9. The molecule has 8 heteroatoms. The van der Waals surface area contributed by atoms with E-state index in [1.54, 1.807) is 6.92 Å². The van der Waals surface area contributed by atoms with E-state index in [0.717, 1.165) is 33.9 Å². The van der Waals surface area contributed by atoms with E-state index in [2.05, 4.69) is 20.2 Å². The number of nitrogens with zero attached hydrogens (tertiary/aromatic N) is 3. The summed E-state index contributed by atoms with van der Waals surface area (Å²) in [5.74, 6) is 1.60. The summed E-state index contributed by atoms with van der Waals surface area (Å²) in [5.41, 5.74) is 3.54. The second-order valence-electron chi connectivity index (χ2n) is 8.79. The molecule has 33 heavy (non-hydrogen) atoms. The van der Waals surface area contributed by atoms with Gasteiger partial charge in [-0.05, 0) is 56.7 Å². The van der Waals surface area contributed by atoms with Gasteiger partial charge in [-0.1, -0.05) is 12.1 Å². The monoisotopic (exact) mass is 449 g/mol. The molecule has 174 valence electrons. The SMILES string of the molecule is CC(=O)N1CCN(CC(=O)Nc2ccc3nc(C)[nH]c3c2)[C@@H](c2ccc(OC(C)C)cc2)C1. The van der Waals surface area contributed by atoms with Crippen molar-refractivity contribution in [3.8, 4) is 5.75 Å². The maximum atomic E-state index is 12.9. The van der Waals surface area contributed by atoms with Crippen molar-refractivity contribution >= 4 is 28.5 Å². The number of benzene rings is 2. The summed E-state index contributed by atoms with van der Waals surface area (Å²) in [5, 5.41) is 3.00. The number of carbonyl (C=O) groups is 2. The van der Waals surface area contributed by atoms with Crippen molar-refractivity contribution in [3.63, 3.8) is 0 Å². The molecule has 3 aromatic rings. The highest BCUT2D eigenvalue weighted by atomic mass is 16.5. The molecule has 2 aromatic carbocycles. The highest BCUT2D eigenvalue weighted by Gasteiger charge is 2.30. The molecule has 0 radical (unpaired) electrons. The molecular formula is C25H31N5O3. The number of hydrogen-bond acceptors (Lipinski definition) is 5. The highest BCUT2D eigenvalue weighted by molar-refractivity contribution is 5.94. The molecule has 0 unspecified atom stereocenters. The largest absolute Gasteiger partial charge is 0.491 e. The fourth-order valence-corrected chi connectivity index (χ4v) is 4.25. The highest BCUT2D eigenvalue weighted by Crippen LogP contribution is 2.27. The molecule has 2 N–H and O–H groups in total. The first kappa shape index (κ1) is 22.8. The number of H-pyrrole nitrogens is 1. The number of nitrogens with one attached hydrogen (secondary N) is 2. The van der Waals surface area contributed by atoms with Crippen molar-refractivity contribution in [2.75, 3.05) is 31.5 Å². The number of piperazine rings is 1. The Morgan fingerprint density at radius 3 is 2.64 bits per heavy atom. The van der Waals surface area contributed by atoms with E-state index in [-0.39, 0.29) is 30.5 Å². The minimum Gasteiger partial charge on any atom is -0.491 e. The zero-order valence-electron chi connectivity index (χ0n) is 19.6. The first-order chi connectivity index (χ1) is 15.8. The first-order valence-corrected chi connectivity index (χ1v) is 11.3. The Hall–Kier alpha value is -3.39. The number of rotatable bonds is 6. The maximum Gasteiger partial charge on any atom is 0.238 e. The summed E-state index contributed by atoms with van der Waals surface area (Å²) in [7, 11) is 0. The summed E-state index contributed by atoms with van der Waals surface area (Å²) in [6, 6.07) is 13.5. The van der Waals surface area contributed by atoms with E-state index >= 15 is 0 Å². The van der Waals surface area contributed by atoms with Crippen molar-refractivity contribution in [2.45, 2.75) is 39.8 Å².